The van der Waals surface area contributed by atoms with Gasteiger partial charge in [-0.2, -0.15) is 0 Å². The number of hydrogen-bond donors (Lipinski definition) is 0. The molecule has 1 heteroatoms. The van der Waals surface area contributed by atoms with Gasteiger partial charge in [-0.3, -0.25) is 0 Å². The van der Waals surface area contributed by atoms with Crippen LogP contribution in [0, 0.1) is 11.8 Å². The fourth-order valence-corrected chi connectivity index (χ4v) is 3.78. The number of nitrogens with zero attached hydrogens (tertiary/aromatic N) is 1. The molecule has 100 valence electrons. The first-order chi connectivity index (χ1) is 8.34. The Bertz CT molecular complexity index is 190. The molecule has 0 heterocycles. The third kappa shape index (κ3) is 4.99. The summed E-state index contributed by atoms with van der Waals surface area (Å²) < 4.78 is 0. The molecule has 1 nitrogen and oxygen atoms in total. The van der Waals surface area contributed by atoms with E-state index in [0.29, 0.717) is 0 Å². The maximum absolute atomic E-state index is 2.62. The summed E-state index contributed by atoms with van der Waals surface area (Å²) in [5.41, 5.74) is 0. The number of rotatable bonds is 5. The van der Waals surface area contributed by atoms with E-state index < -0.39 is 0 Å². The van der Waals surface area contributed by atoms with E-state index in [0.717, 1.165) is 11.8 Å². The van der Waals surface area contributed by atoms with Crippen LogP contribution in [0.3, 0.4) is 0 Å². The Balaban J connectivity index is 1.57. The molecule has 17 heavy (non-hydrogen) atoms. The zero-order valence-electron chi connectivity index (χ0n) is 11.8. The van der Waals surface area contributed by atoms with Gasteiger partial charge < -0.3 is 4.90 Å². The SMILES string of the molecule is CN(CCC1CCCCC1)CC1CCCCC1. The molecule has 0 aromatic heterocycles. The molecule has 2 fully saturated rings. The maximum atomic E-state index is 2.62. The van der Waals surface area contributed by atoms with Gasteiger partial charge in [0.15, 0.2) is 0 Å². The molecule has 0 aliphatic heterocycles. The topological polar surface area (TPSA) is 3.24 Å². The molecule has 2 aliphatic carbocycles. The zero-order chi connectivity index (χ0) is 11.9. The highest BCUT2D eigenvalue weighted by atomic mass is 15.1. The maximum Gasteiger partial charge on any atom is 0.000661 e. The Morgan fingerprint density at radius 3 is 1.88 bits per heavy atom. The van der Waals surface area contributed by atoms with E-state index in [1.165, 1.54) is 83.7 Å². The molecule has 0 amide bonds. The average molecular weight is 237 g/mol. The molecule has 0 unspecified atom stereocenters. The van der Waals surface area contributed by atoms with Gasteiger partial charge in [0.25, 0.3) is 0 Å². The Hall–Kier alpha value is -0.0400. The van der Waals surface area contributed by atoms with E-state index in [4.69, 9.17) is 0 Å². The van der Waals surface area contributed by atoms with Crippen molar-refractivity contribution in [3.05, 3.63) is 0 Å². The van der Waals surface area contributed by atoms with Crippen molar-refractivity contribution in [3.8, 4) is 0 Å². The molecule has 2 saturated carbocycles. The van der Waals surface area contributed by atoms with Gasteiger partial charge in [0.1, 0.15) is 0 Å². The standard InChI is InChI=1S/C16H31N/c1-17(14-16-10-6-3-7-11-16)13-12-15-8-4-2-5-9-15/h15-16H,2-14H2,1H3. The second-order valence-electron chi connectivity index (χ2n) is 6.56. The first-order valence-electron chi connectivity index (χ1n) is 8.03. The predicted molar refractivity (Wildman–Crippen MR) is 75.3 cm³/mol. The molecule has 0 saturated heterocycles. The van der Waals surface area contributed by atoms with Crippen LogP contribution in [0.4, 0.5) is 0 Å². The van der Waals surface area contributed by atoms with Crippen molar-refractivity contribution in [1.82, 2.24) is 4.90 Å². The van der Waals surface area contributed by atoms with Gasteiger partial charge in [-0.15, -0.1) is 0 Å². The second-order valence-corrected chi connectivity index (χ2v) is 6.56. The van der Waals surface area contributed by atoms with Crippen LogP contribution in [-0.4, -0.2) is 25.0 Å². The van der Waals surface area contributed by atoms with Crippen LogP contribution in [0.5, 0.6) is 0 Å². The first kappa shape index (κ1) is 13.4. The van der Waals surface area contributed by atoms with Crippen LogP contribution in [0.1, 0.15) is 70.6 Å². The van der Waals surface area contributed by atoms with Crippen LogP contribution in [0.15, 0.2) is 0 Å². The summed E-state index contributed by atoms with van der Waals surface area (Å²) in [5.74, 6) is 2.07. The second kappa shape index (κ2) is 7.41. The van der Waals surface area contributed by atoms with E-state index in [9.17, 15) is 0 Å². The largest absolute Gasteiger partial charge is 0.306 e. The molecule has 0 aromatic rings. The highest BCUT2D eigenvalue weighted by Gasteiger charge is 2.17. The van der Waals surface area contributed by atoms with Crippen LogP contribution in [0.2, 0.25) is 0 Å². The molecule has 0 aromatic carbocycles. The highest BCUT2D eigenvalue weighted by Crippen LogP contribution is 2.27. The quantitative estimate of drug-likeness (QED) is 0.682. The minimum absolute atomic E-state index is 1.01. The summed E-state index contributed by atoms with van der Waals surface area (Å²) in [7, 11) is 2.34. The number of hydrogen-bond acceptors (Lipinski definition) is 1. The lowest BCUT2D eigenvalue weighted by Gasteiger charge is -2.29. The fourth-order valence-electron chi connectivity index (χ4n) is 3.78. The predicted octanol–water partition coefficient (Wildman–Crippen LogP) is 4.47. The van der Waals surface area contributed by atoms with Crippen molar-refractivity contribution in [1.29, 1.82) is 0 Å². The first-order valence-corrected chi connectivity index (χ1v) is 8.03. The summed E-state index contributed by atoms with van der Waals surface area (Å²) in [6.07, 6.45) is 16.4. The average Bonchev–Trinajstić information content (AvgIpc) is 2.39. The van der Waals surface area contributed by atoms with Crippen LogP contribution in [0.25, 0.3) is 0 Å². The van der Waals surface area contributed by atoms with E-state index in [1.807, 2.05) is 0 Å². The zero-order valence-corrected chi connectivity index (χ0v) is 11.8. The Morgan fingerprint density at radius 1 is 0.765 bits per heavy atom. The minimum Gasteiger partial charge on any atom is -0.306 e. The Labute approximate surface area is 108 Å². The lowest BCUT2D eigenvalue weighted by molar-refractivity contribution is 0.211. The van der Waals surface area contributed by atoms with Gasteiger partial charge in [-0.1, -0.05) is 51.4 Å². The van der Waals surface area contributed by atoms with E-state index in [1.54, 1.807) is 0 Å². The summed E-state index contributed by atoms with van der Waals surface area (Å²) in [4.78, 5) is 2.62. The minimum atomic E-state index is 1.01. The van der Waals surface area contributed by atoms with Crippen LogP contribution in [-0.2, 0) is 0 Å². The monoisotopic (exact) mass is 237 g/mol. The molecular weight excluding hydrogens is 206 g/mol. The van der Waals surface area contributed by atoms with Gasteiger partial charge >= 0.3 is 0 Å². The van der Waals surface area contributed by atoms with Gasteiger partial charge in [0.05, 0.1) is 0 Å². The molecular formula is C16H31N. The van der Waals surface area contributed by atoms with Crippen molar-refractivity contribution in [2.75, 3.05) is 20.1 Å². The summed E-state index contributed by atoms with van der Waals surface area (Å²) in [6, 6.07) is 0. The third-order valence-electron chi connectivity index (χ3n) is 4.94. The molecule has 0 bridgehead atoms. The highest BCUT2D eigenvalue weighted by molar-refractivity contribution is 4.71. The fraction of sp³-hybridized carbons (Fsp3) is 1.00. The summed E-state index contributed by atoms with van der Waals surface area (Å²) >= 11 is 0. The van der Waals surface area contributed by atoms with E-state index in [-0.39, 0.29) is 0 Å². The smallest absolute Gasteiger partial charge is 0.000661 e. The van der Waals surface area contributed by atoms with Crippen molar-refractivity contribution >= 4 is 0 Å². The molecule has 0 N–H and O–H groups in total. The molecule has 2 rings (SSSR count). The molecule has 0 atom stereocenters. The molecule has 0 spiro atoms. The summed E-state index contributed by atoms with van der Waals surface area (Å²) in [6.45, 7) is 2.72. The lowest BCUT2D eigenvalue weighted by Crippen LogP contribution is -2.29. The normalized spacial score (nSPS) is 24.4. The van der Waals surface area contributed by atoms with E-state index in [2.05, 4.69) is 11.9 Å². The van der Waals surface area contributed by atoms with Crippen LogP contribution < -0.4 is 0 Å². The van der Waals surface area contributed by atoms with Crippen molar-refractivity contribution < 1.29 is 0 Å². The van der Waals surface area contributed by atoms with E-state index >= 15 is 0 Å². The van der Waals surface area contributed by atoms with Crippen molar-refractivity contribution in [2.45, 2.75) is 70.6 Å². The van der Waals surface area contributed by atoms with Crippen LogP contribution >= 0.6 is 0 Å². The molecule has 0 radical (unpaired) electrons. The van der Waals surface area contributed by atoms with Gasteiger partial charge in [0.2, 0.25) is 0 Å². The van der Waals surface area contributed by atoms with Gasteiger partial charge in [-0.05, 0) is 44.7 Å². The van der Waals surface area contributed by atoms with Gasteiger partial charge in [0, 0.05) is 6.54 Å². The third-order valence-corrected chi connectivity index (χ3v) is 4.94. The Morgan fingerprint density at radius 2 is 1.29 bits per heavy atom. The van der Waals surface area contributed by atoms with Gasteiger partial charge in [-0.25, -0.2) is 0 Å². The molecule has 2 aliphatic rings. The van der Waals surface area contributed by atoms with Crippen molar-refractivity contribution in [2.24, 2.45) is 11.8 Å². The lowest BCUT2D eigenvalue weighted by atomic mass is 9.86. The van der Waals surface area contributed by atoms with Crippen molar-refractivity contribution in [3.63, 3.8) is 0 Å². The summed E-state index contributed by atoms with van der Waals surface area (Å²) in [5, 5.41) is 0. The Kier molecular flexibility index (Phi) is 5.84.